The minimum atomic E-state index is 0.122. The maximum atomic E-state index is 12.6. The topological polar surface area (TPSA) is 80.0 Å². The average molecular weight is 395 g/mol. The number of piperazine rings is 1. The van der Waals surface area contributed by atoms with Gasteiger partial charge in [0.25, 0.3) is 0 Å². The first-order valence-corrected chi connectivity index (χ1v) is 10.1. The van der Waals surface area contributed by atoms with Crippen LogP contribution >= 0.6 is 11.8 Å². The Bertz CT molecular complexity index is 924. The van der Waals surface area contributed by atoms with Crippen molar-refractivity contribution < 1.29 is 4.79 Å². The highest BCUT2D eigenvalue weighted by molar-refractivity contribution is 7.99. The van der Waals surface area contributed by atoms with Gasteiger partial charge < -0.3 is 14.4 Å². The number of carbonyl (C=O) groups excluding carboxylic acids is 1. The maximum Gasteiger partial charge on any atom is 0.233 e. The molecule has 0 saturated carbocycles. The van der Waals surface area contributed by atoms with E-state index in [9.17, 15) is 4.79 Å². The first kappa shape index (κ1) is 18.4. The highest BCUT2D eigenvalue weighted by Gasteiger charge is 2.22. The number of nitrogens with zero attached hydrogens (tertiary/aromatic N) is 7. The first-order valence-electron chi connectivity index (χ1n) is 9.09. The highest BCUT2D eigenvalue weighted by Crippen LogP contribution is 2.22. The summed E-state index contributed by atoms with van der Waals surface area (Å²) >= 11 is 1.41. The number of carbonyl (C=O) groups is 1. The Kier molecular flexibility index (Phi) is 5.52. The summed E-state index contributed by atoms with van der Waals surface area (Å²) in [5.41, 5.74) is 0.904. The molecule has 1 saturated heterocycles. The fraction of sp³-hybridized carbons (Fsp3) is 0.316. The Labute approximate surface area is 167 Å². The van der Waals surface area contributed by atoms with Gasteiger partial charge >= 0.3 is 0 Å². The Morgan fingerprint density at radius 3 is 2.64 bits per heavy atom. The van der Waals surface area contributed by atoms with Gasteiger partial charge in [0.05, 0.1) is 5.75 Å². The van der Waals surface area contributed by atoms with Crippen molar-refractivity contribution in [3.8, 4) is 11.4 Å². The zero-order valence-electron chi connectivity index (χ0n) is 15.6. The molecule has 4 heterocycles. The molecule has 1 amide bonds. The van der Waals surface area contributed by atoms with Crippen molar-refractivity contribution in [3.05, 3.63) is 48.9 Å². The summed E-state index contributed by atoms with van der Waals surface area (Å²) in [7, 11) is 1.90. The summed E-state index contributed by atoms with van der Waals surface area (Å²) in [5, 5.41) is 9.18. The van der Waals surface area contributed by atoms with E-state index in [0.717, 1.165) is 35.5 Å². The smallest absolute Gasteiger partial charge is 0.233 e. The lowest BCUT2D eigenvalue weighted by atomic mass is 10.3. The third-order valence-corrected chi connectivity index (χ3v) is 5.69. The average Bonchev–Trinajstić information content (AvgIpc) is 3.13. The Balaban J connectivity index is 1.31. The van der Waals surface area contributed by atoms with Crippen LogP contribution < -0.4 is 4.90 Å². The molecule has 0 aromatic carbocycles. The molecule has 0 aliphatic carbocycles. The third-order valence-electron chi connectivity index (χ3n) is 4.69. The quantitative estimate of drug-likeness (QED) is 0.609. The maximum absolute atomic E-state index is 12.6. The first-order chi connectivity index (χ1) is 13.7. The monoisotopic (exact) mass is 395 g/mol. The fourth-order valence-corrected chi connectivity index (χ4v) is 3.94. The minimum Gasteiger partial charge on any atom is -0.353 e. The van der Waals surface area contributed by atoms with Gasteiger partial charge in [0.1, 0.15) is 5.82 Å². The highest BCUT2D eigenvalue weighted by atomic mass is 32.2. The molecule has 1 fully saturated rings. The number of anilines is 1. The number of aromatic nitrogens is 5. The minimum absolute atomic E-state index is 0.122. The van der Waals surface area contributed by atoms with Crippen molar-refractivity contribution in [2.24, 2.45) is 7.05 Å². The van der Waals surface area contributed by atoms with Crippen molar-refractivity contribution in [1.82, 2.24) is 29.6 Å². The Morgan fingerprint density at radius 2 is 1.93 bits per heavy atom. The van der Waals surface area contributed by atoms with Gasteiger partial charge in [0.2, 0.25) is 5.91 Å². The lowest BCUT2D eigenvalue weighted by Crippen LogP contribution is -2.49. The van der Waals surface area contributed by atoms with E-state index in [1.165, 1.54) is 11.8 Å². The zero-order chi connectivity index (χ0) is 19.3. The number of amides is 1. The van der Waals surface area contributed by atoms with E-state index in [2.05, 4.69) is 25.1 Å². The molecule has 0 unspecified atom stereocenters. The molecule has 28 heavy (non-hydrogen) atoms. The van der Waals surface area contributed by atoms with Crippen LogP contribution in [0.15, 0.2) is 54.1 Å². The normalized spacial score (nSPS) is 14.3. The molecular formula is C19H21N7OS. The van der Waals surface area contributed by atoms with E-state index < -0.39 is 0 Å². The lowest BCUT2D eigenvalue weighted by molar-refractivity contribution is -0.128. The van der Waals surface area contributed by atoms with Crippen LogP contribution in [0.25, 0.3) is 11.4 Å². The molecule has 1 aliphatic rings. The van der Waals surface area contributed by atoms with E-state index in [1.54, 1.807) is 18.6 Å². The molecule has 4 rings (SSSR count). The molecule has 0 radical (unpaired) electrons. The van der Waals surface area contributed by atoms with Crippen molar-refractivity contribution in [2.75, 3.05) is 36.8 Å². The predicted octanol–water partition coefficient (Wildman–Crippen LogP) is 1.71. The molecule has 3 aromatic heterocycles. The van der Waals surface area contributed by atoms with E-state index >= 15 is 0 Å². The van der Waals surface area contributed by atoms with Crippen LogP contribution in [0.2, 0.25) is 0 Å². The summed E-state index contributed by atoms with van der Waals surface area (Å²) in [5.74, 6) is 2.18. The number of hydrogen-bond acceptors (Lipinski definition) is 7. The Morgan fingerprint density at radius 1 is 1.07 bits per heavy atom. The second-order valence-electron chi connectivity index (χ2n) is 6.45. The van der Waals surface area contributed by atoms with E-state index in [-0.39, 0.29) is 5.91 Å². The predicted molar refractivity (Wildman–Crippen MR) is 108 cm³/mol. The molecule has 144 valence electrons. The molecule has 0 spiro atoms. The Hall–Kier alpha value is -2.94. The van der Waals surface area contributed by atoms with E-state index in [4.69, 9.17) is 0 Å². The molecule has 1 aliphatic heterocycles. The van der Waals surface area contributed by atoms with E-state index in [1.807, 2.05) is 46.8 Å². The van der Waals surface area contributed by atoms with Gasteiger partial charge in [-0.25, -0.2) is 4.98 Å². The van der Waals surface area contributed by atoms with Crippen LogP contribution in [0.4, 0.5) is 5.82 Å². The summed E-state index contributed by atoms with van der Waals surface area (Å²) < 4.78 is 1.90. The number of hydrogen-bond donors (Lipinski definition) is 0. The van der Waals surface area contributed by atoms with Gasteiger partial charge in [-0.2, -0.15) is 0 Å². The van der Waals surface area contributed by atoms with Gasteiger partial charge in [0.15, 0.2) is 11.0 Å². The molecular weight excluding hydrogens is 374 g/mol. The lowest BCUT2D eigenvalue weighted by Gasteiger charge is -2.35. The summed E-state index contributed by atoms with van der Waals surface area (Å²) in [6, 6.07) is 9.70. The van der Waals surface area contributed by atoms with Crippen molar-refractivity contribution in [3.63, 3.8) is 0 Å². The van der Waals surface area contributed by atoms with Crippen molar-refractivity contribution in [1.29, 1.82) is 0 Å². The molecule has 9 heteroatoms. The van der Waals surface area contributed by atoms with E-state index in [0.29, 0.717) is 18.8 Å². The molecule has 8 nitrogen and oxygen atoms in total. The van der Waals surface area contributed by atoms with Gasteiger partial charge in [-0.15, -0.1) is 10.2 Å². The molecule has 0 atom stereocenters. The van der Waals surface area contributed by atoms with Gasteiger partial charge in [-0.3, -0.25) is 9.78 Å². The largest absolute Gasteiger partial charge is 0.353 e. The standard InChI is InChI=1S/C19H21N7OS/c1-24-18(15-5-4-7-20-13-15)22-23-19(24)28-14-17(27)26-11-9-25(10-12-26)16-6-2-3-8-21-16/h2-8,13H,9-12,14H2,1H3. The van der Waals surface area contributed by atoms with Gasteiger partial charge in [-0.05, 0) is 24.3 Å². The van der Waals surface area contributed by atoms with Crippen LogP contribution in [0, 0.1) is 0 Å². The molecule has 3 aromatic rings. The summed E-state index contributed by atoms with van der Waals surface area (Å²) in [6.45, 7) is 3.00. The number of pyridine rings is 2. The van der Waals surface area contributed by atoms with Crippen LogP contribution in [0.1, 0.15) is 0 Å². The molecule has 0 bridgehead atoms. The molecule has 0 N–H and O–H groups in total. The second kappa shape index (κ2) is 8.39. The fourth-order valence-electron chi connectivity index (χ4n) is 3.13. The number of rotatable bonds is 5. The number of thioether (sulfide) groups is 1. The van der Waals surface area contributed by atoms with Crippen LogP contribution in [0.5, 0.6) is 0 Å². The van der Waals surface area contributed by atoms with Crippen molar-refractivity contribution in [2.45, 2.75) is 5.16 Å². The third kappa shape index (κ3) is 3.99. The van der Waals surface area contributed by atoms with Crippen LogP contribution in [-0.2, 0) is 11.8 Å². The van der Waals surface area contributed by atoms with Crippen LogP contribution in [0.3, 0.4) is 0 Å². The van der Waals surface area contributed by atoms with Crippen molar-refractivity contribution >= 4 is 23.5 Å². The summed E-state index contributed by atoms with van der Waals surface area (Å²) in [6.07, 6.45) is 5.27. The van der Waals surface area contributed by atoms with Gasteiger partial charge in [-0.1, -0.05) is 17.8 Å². The summed E-state index contributed by atoms with van der Waals surface area (Å²) in [4.78, 5) is 25.2. The SMILES string of the molecule is Cn1c(SCC(=O)N2CCN(c3ccccn3)CC2)nnc1-c1cccnc1. The van der Waals surface area contributed by atoms with Gasteiger partial charge in [0, 0.05) is 57.4 Å². The van der Waals surface area contributed by atoms with Crippen LogP contribution in [-0.4, -0.2) is 67.5 Å². The second-order valence-corrected chi connectivity index (χ2v) is 7.39. The zero-order valence-corrected chi connectivity index (χ0v) is 16.4.